The number of rotatable bonds is 9. The number of pyridine rings is 1. The first-order chi connectivity index (χ1) is 16.3. The zero-order chi connectivity index (χ0) is 23.8. The summed E-state index contributed by atoms with van der Waals surface area (Å²) < 4.78 is 19.6. The summed E-state index contributed by atoms with van der Waals surface area (Å²) in [6.45, 7) is 13.3. The molecular weight excluding hydrogens is 448 g/mol. The third-order valence-corrected chi connectivity index (χ3v) is 8.01. The van der Waals surface area contributed by atoms with Crippen molar-refractivity contribution in [1.82, 2.24) is 24.7 Å². The average Bonchev–Trinajstić information content (AvgIpc) is 3.43. The molecule has 3 aromatic heterocycles. The topological polar surface area (TPSA) is 87.4 Å². The number of hydrogen-bond acceptors (Lipinski definition) is 8. The summed E-state index contributed by atoms with van der Waals surface area (Å²) in [4.78, 5) is 16.2. The SMILES string of the molecule is CC1(Oc2ccc3nn(COCC[Si](C)(C)C)c(-c4cc(N5CCOCC5)ncn4)c3n2)CC1. The van der Waals surface area contributed by atoms with Crippen LogP contribution < -0.4 is 9.64 Å². The van der Waals surface area contributed by atoms with Gasteiger partial charge in [-0.1, -0.05) is 19.6 Å². The van der Waals surface area contributed by atoms with Crippen LogP contribution in [0.1, 0.15) is 19.8 Å². The van der Waals surface area contributed by atoms with Gasteiger partial charge in [0.25, 0.3) is 0 Å². The Labute approximate surface area is 201 Å². The van der Waals surface area contributed by atoms with Crippen LogP contribution in [0.4, 0.5) is 5.82 Å². The fourth-order valence-corrected chi connectivity index (χ4v) is 4.65. The Balaban J connectivity index is 1.49. The van der Waals surface area contributed by atoms with E-state index in [-0.39, 0.29) is 5.60 Å². The molecule has 0 atom stereocenters. The van der Waals surface area contributed by atoms with Gasteiger partial charge in [0.2, 0.25) is 5.88 Å². The predicted octanol–water partition coefficient (Wildman–Crippen LogP) is 3.97. The highest BCUT2D eigenvalue weighted by atomic mass is 28.3. The van der Waals surface area contributed by atoms with E-state index in [4.69, 9.17) is 24.3 Å². The highest BCUT2D eigenvalue weighted by molar-refractivity contribution is 6.76. The molecule has 0 unspecified atom stereocenters. The number of anilines is 1. The number of nitrogens with zero attached hydrogens (tertiary/aromatic N) is 6. The van der Waals surface area contributed by atoms with Crippen molar-refractivity contribution in [3.8, 4) is 17.3 Å². The third kappa shape index (κ3) is 5.39. The van der Waals surface area contributed by atoms with Gasteiger partial charge in [-0.15, -0.1) is 0 Å². The Hall–Kier alpha value is -2.56. The number of morpholine rings is 1. The smallest absolute Gasteiger partial charge is 0.214 e. The lowest BCUT2D eigenvalue weighted by molar-refractivity contribution is 0.0802. The van der Waals surface area contributed by atoms with E-state index in [1.165, 1.54) is 0 Å². The molecule has 0 bridgehead atoms. The largest absolute Gasteiger partial charge is 0.471 e. The zero-order valence-corrected chi connectivity index (χ0v) is 21.6. The van der Waals surface area contributed by atoms with Crippen molar-refractivity contribution < 1.29 is 14.2 Å². The summed E-state index contributed by atoms with van der Waals surface area (Å²) >= 11 is 0. The molecule has 0 aromatic carbocycles. The molecule has 3 aromatic rings. The van der Waals surface area contributed by atoms with E-state index in [9.17, 15) is 0 Å². The van der Waals surface area contributed by atoms with E-state index >= 15 is 0 Å². The standard InChI is InChI=1S/C24H34N6O3Si/c1-24(7-8-24)33-21-6-5-18-22(27-21)23(30(28-18)17-32-13-14-34(2,3)4)19-15-20(26-16-25-19)29-9-11-31-12-10-29/h5-6,15-16H,7-14,17H2,1-4H3. The molecule has 10 heteroatoms. The van der Waals surface area contributed by atoms with Gasteiger partial charge in [0.05, 0.1) is 18.9 Å². The van der Waals surface area contributed by atoms with Crippen molar-refractivity contribution >= 4 is 24.9 Å². The molecule has 182 valence electrons. The van der Waals surface area contributed by atoms with Crippen molar-refractivity contribution in [1.29, 1.82) is 0 Å². The Morgan fingerprint density at radius 2 is 1.91 bits per heavy atom. The first kappa shape index (κ1) is 23.2. The third-order valence-electron chi connectivity index (χ3n) is 6.30. The molecule has 9 nitrogen and oxygen atoms in total. The first-order valence-corrected chi connectivity index (χ1v) is 15.8. The minimum absolute atomic E-state index is 0.102. The highest BCUT2D eigenvalue weighted by Crippen LogP contribution is 2.39. The van der Waals surface area contributed by atoms with E-state index in [2.05, 4.69) is 41.4 Å². The maximum Gasteiger partial charge on any atom is 0.214 e. The van der Waals surface area contributed by atoms with Crippen molar-refractivity contribution in [2.75, 3.05) is 37.8 Å². The lowest BCUT2D eigenvalue weighted by Crippen LogP contribution is -2.36. The van der Waals surface area contributed by atoms with Crippen LogP contribution in [0.15, 0.2) is 24.5 Å². The quantitative estimate of drug-likeness (QED) is 0.334. The molecule has 5 rings (SSSR count). The molecule has 1 aliphatic carbocycles. The Kier molecular flexibility index (Phi) is 6.30. The highest BCUT2D eigenvalue weighted by Gasteiger charge is 2.40. The monoisotopic (exact) mass is 482 g/mol. The van der Waals surface area contributed by atoms with Gasteiger partial charge in [-0.3, -0.25) is 0 Å². The molecule has 0 N–H and O–H groups in total. The summed E-state index contributed by atoms with van der Waals surface area (Å²) in [7, 11) is -1.18. The Morgan fingerprint density at radius 3 is 2.65 bits per heavy atom. The summed E-state index contributed by atoms with van der Waals surface area (Å²) in [5.41, 5.74) is 3.06. The van der Waals surface area contributed by atoms with Crippen molar-refractivity contribution in [3.63, 3.8) is 0 Å². The van der Waals surface area contributed by atoms with E-state index in [0.29, 0.717) is 32.4 Å². The lowest BCUT2D eigenvalue weighted by Gasteiger charge is -2.27. The molecule has 0 radical (unpaired) electrons. The van der Waals surface area contributed by atoms with Gasteiger partial charge in [-0.25, -0.2) is 19.6 Å². The van der Waals surface area contributed by atoms with Crippen LogP contribution >= 0.6 is 0 Å². The maximum absolute atomic E-state index is 6.15. The molecule has 34 heavy (non-hydrogen) atoms. The number of fused-ring (bicyclic) bond motifs is 1. The van der Waals surface area contributed by atoms with Crippen LogP contribution in [0, 0.1) is 0 Å². The number of hydrogen-bond donors (Lipinski definition) is 0. The Bertz CT molecular complexity index is 1150. The molecule has 1 aliphatic heterocycles. The van der Waals surface area contributed by atoms with Gasteiger partial charge < -0.3 is 19.1 Å². The normalized spacial score (nSPS) is 17.8. The molecule has 4 heterocycles. The van der Waals surface area contributed by atoms with Crippen molar-refractivity contribution in [2.45, 2.75) is 57.8 Å². The van der Waals surface area contributed by atoms with Gasteiger partial charge in [0, 0.05) is 39.9 Å². The number of ether oxygens (including phenoxy) is 3. The molecule has 1 saturated carbocycles. The second-order valence-corrected chi connectivity index (χ2v) is 16.2. The molecule has 1 saturated heterocycles. The summed E-state index contributed by atoms with van der Waals surface area (Å²) in [6.07, 6.45) is 3.72. The van der Waals surface area contributed by atoms with E-state index < -0.39 is 8.07 Å². The zero-order valence-electron chi connectivity index (χ0n) is 20.6. The maximum atomic E-state index is 6.15. The van der Waals surface area contributed by atoms with E-state index in [1.54, 1.807) is 6.33 Å². The van der Waals surface area contributed by atoms with Crippen LogP contribution in [0.5, 0.6) is 5.88 Å². The lowest BCUT2D eigenvalue weighted by atomic mass is 10.2. The van der Waals surface area contributed by atoms with E-state index in [0.717, 1.165) is 60.2 Å². The number of aromatic nitrogens is 5. The Morgan fingerprint density at radius 1 is 1.12 bits per heavy atom. The predicted molar refractivity (Wildman–Crippen MR) is 134 cm³/mol. The summed E-state index contributed by atoms with van der Waals surface area (Å²) in [5, 5.41) is 4.81. The van der Waals surface area contributed by atoms with Gasteiger partial charge >= 0.3 is 0 Å². The molecule has 2 fully saturated rings. The van der Waals surface area contributed by atoms with Crippen LogP contribution in [0.2, 0.25) is 25.7 Å². The molecule has 0 spiro atoms. The van der Waals surface area contributed by atoms with Gasteiger partial charge in [0.15, 0.2) is 0 Å². The van der Waals surface area contributed by atoms with Crippen LogP contribution in [-0.2, 0) is 16.2 Å². The second kappa shape index (κ2) is 9.24. The van der Waals surface area contributed by atoms with Gasteiger partial charge in [-0.05, 0) is 31.9 Å². The van der Waals surface area contributed by atoms with Crippen LogP contribution in [-0.4, -0.2) is 71.3 Å². The van der Waals surface area contributed by atoms with Crippen LogP contribution in [0.25, 0.3) is 22.4 Å². The van der Waals surface area contributed by atoms with Crippen molar-refractivity contribution in [2.24, 2.45) is 0 Å². The van der Waals surface area contributed by atoms with Gasteiger partial charge in [-0.2, -0.15) is 5.10 Å². The molecule has 0 amide bonds. The van der Waals surface area contributed by atoms with Crippen LogP contribution in [0.3, 0.4) is 0 Å². The summed E-state index contributed by atoms with van der Waals surface area (Å²) in [5.74, 6) is 1.50. The minimum Gasteiger partial charge on any atom is -0.471 e. The van der Waals surface area contributed by atoms with Gasteiger partial charge in [0.1, 0.15) is 41.2 Å². The fourth-order valence-electron chi connectivity index (χ4n) is 3.90. The minimum atomic E-state index is -1.18. The first-order valence-electron chi connectivity index (χ1n) is 12.1. The summed E-state index contributed by atoms with van der Waals surface area (Å²) in [6, 6.07) is 6.98. The van der Waals surface area contributed by atoms with Crippen molar-refractivity contribution in [3.05, 3.63) is 24.5 Å². The molecule has 2 aliphatic rings. The second-order valence-electron chi connectivity index (χ2n) is 10.6. The van der Waals surface area contributed by atoms with E-state index in [1.807, 2.05) is 22.9 Å². The fraction of sp³-hybridized carbons (Fsp3) is 0.583. The molecular formula is C24H34N6O3Si. The average molecular weight is 483 g/mol.